The van der Waals surface area contributed by atoms with Gasteiger partial charge >= 0.3 is 0 Å². The molecule has 0 spiro atoms. The normalized spacial score (nSPS) is 21.7. The van der Waals surface area contributed by atoms with E-state index in [1.165, 1.54) is 25.8 Å². The van der Waals surface area contributed by atoms with Crippen LogP contribution < -0.4 is 5.73 Å². The lowest BCUT2D eigenvalue weighted by Crippen LogP contribution is -2.56. The van der Waals surface area contributed by atoms with Crippen molar-refractivity contribution in [3.05, 3.63) is 23.9 Å². The molecular formula is C14H22Cl2N4O. The molecule has 1 aromatic rings. The zero-order valence-electron chi connectivity index (χ0n) is 11.9. The van der Waals surface area contributed by atoms with E-state index in [0.29, 0.717) is 17.6 Å². The van der Waals surface area contributed by atoms with Crippen LogP contribution >= 0.6 is 24.8 Å². The minimum Gasteiger partial charge on any atom is -0.384 e. The Morgan fingerprint density at radius 1 is 1.19 bits per heavy atom. The third-order valence-corrected chi connectivity index (χ3v) is 4.11. The van der Waals surface area contributed by atoms with Crippen molar-refractivity contribution < 1.29 is 4.79 Å². The summed E-state index contributed by atoms with van der Waals surface area (Å²) < 4.78 is 0. The Hall–Kier alpha value is -1.04. The Labute approximate surface area is 137 Å². The Morgan fingerprint density at radius 3 is 2.76 bits per heavy atom. The molecule has 118 valence electrons. The molecule has 2 aliphatic heterocycles. The smallest absolute Gasteiger partial charge is 0.272 e. The minimum atomic E-state index is 0. The molecule has 1 amide bonds. The van der Waals surface area contributed by atoms with Crippen molar-refractivity contribution in [3.63, 3.8) is 0 Å². The molecule has 2 fully saturated rings. The van der Waals surface area contributed by atoms with Gasteiger partial charge in [0.15, 0.2) is 0 Å². The number of carbonyl (C=O) groups is 1. The molecule has 2 saturated heterocycles. The molecule has 2 N–H and O–H groups in total. The average molecular weight is 333 g/mol. The fourth-order valence-corrected chi connectivity index (χ4v) is 3.07. The van der Waals surface area contributed by atoms with Crippen molar-refractivity contribution in [2.45, 2.75) is 25.3 Å². The van der Waals surface area contributed by atoms with Crippen LogP contribution in [0.15, 0.2) is 18.2 Å². The molecule has 0 aromatic carbocycles. The van der Waals surface area contributed by atoms with E-state index in [0.717, 1.165) is 19.6 Å². The van der Waals surface area contributed by atoms with Crippen molar-refractivity contribution >= 4 is 36.5 Å². The van der Waals surface area contributed by atoms with Crippen LogP contribution in [-0.4, -0.2) is 52.9 Å². The first kappa shape index (κ1) is 18.0. The van der Waals surface area contributed by atoms with Gasteiger partial charge in [-0.1, -0.05) is 12.5 Å². The molecule has 5 nitrogen and oxygen atoms in total. The number of rotatable bonds is 1. The molecule has 2 aliphatic rings. The summed E-state index contributed by atoms with van der Waals surface area (Å²) in [5, 5.41) is 0. The molecule has 0 radical (unpaired) electrons. The van der Waals surface area contributed by atoms with Crippen LogP contribution in [0.1, 0.15) is 29.8 Å². The maximum atomic E-state index is 12.4. The number of hydrogen-bond donors (Lipinski definition) is 1. The van der Waals surface area contributed by atoms with Crippen molar-refractivity contribution in [3.8, 4) is 0 Å². The molecule has 7 heteroatoms. The Morgan fingerprint density at radius 2 is 2.00 bits per heavy atom. The van der Waals surface area contributed by atoms with Gasteiger partial charge in [-0.25, -0.2) is 4.98 Å². The van der Waals surface area contributed by atoms with E-state index in [4.69, 9.17) is 5.73 Å². The van der Waals surface area contributed by atoms with Crippen LogP contribution in [0.25, 0.3) is 0 Å². The van der Waals surface area contributed by atoms with Gasteiger partial charge in [0.1, 0.15) is 11.5 Å². The number of aromatic nitrogens is 1. The number of nitrogens with two attached hydrogens (primary N) is 1. The average Bonchev–Trinajstić information content (AvgIpc) is 2.46. The van der Waals surface area contributed by atoms with Crippen LogP contribution in [-0.2, 0) is 0 Å². The van der Waals surface area contributed by atoms with Crippen LogP contribution in [0.5, 0.6) is 0 Å². The van der Waals surface area contributed by atoms with E-state index >= 15 is 0 Å². The maximum Gasteiger partial charge on any atom is 0.272 e. The number of piperazine rings is 1. The molecule has 1 unspecified atom stereocenters. The zero-order chi connectivity index (χ0) is 13.2. The van der Waals surface area contributed by atoms with Gasteiger partial charge in [0.25, 0.3) is 5.91 Å². The number of pyridine rings is 1. The molecule has 0 bridgehead atoms. The molecule has 3 heterocycles. The van der Waals surface area contributed by atoms with E-state index in [1.807, 2.05) is 4.90 Å². The van der Waals surface area contributed by atoms with Crippen LogP contribution in [0, 0.1) is 0 Å². The summed E-state index contributed by atoms with van der Waals surface area (Å²) in [4.78, 5) is 21.0. The van der Waals surface area contributed by atoms with Gasteiger partial charge in [-0.15, -0.1) is 24.8 Å². The van der Waals surface area contributed by atoms with Crippen LogP contribution in [0.4, 0.5) is 5.82 Å². The van der Waals surface area contributed by atoms with Gasteiger partial charge < -0.3 is 10.6 Å². The molecule has 1 aromatic heterocycles. The number of halogens is 2. The fourth-order valence-electron chi connectivity index (χ4n) is 3.07. The van der Waals surface area contributed by atoms with E-state index in [9.17, 15) is 4.79 Å². The summed E-state index contributed by atoms with van der Waals surface area (Å²) in [7, 11) is 0. The van der Waals surface area contributed by atoms with E-state index in [1.54, 1.807) is 18.2 Å². The molecule has 1 atom stereocenters. The second-order valence-corrected chi connectivity index (χ2v) is 5.38. The third kappa shape index (κ3) is 3.99. The maximum absolute atomic E-state index is 12.4. The predicted octanol–water partition coefficient (Wildman–Crippen LogP) is 1.82. The first-order valence-corrected chi connectivity index (χ1v) is 7.00. The van der Waals surface area contributed by atoms with Crippen molar-refractivity contribution in [2.75, 3.05) is 31.9 Å². The number of nitrogens with zero attached hydrogens (tertiary/aromatic N) is 3. The van der Waals surface area contributed by atoms with Gasteiger partial charge in [-0.05, 0) is 31.5 Å². The summed E-state index contributed by atoms with van der Waals surface area (Å²) >= 11 is 0. The second kappa shape index (κ2) is 7.82. The molecule has 21 heavy (non-hydrogen) atoms. The topological polar surface area (TPSA) is 62.5 Å². The zero-order valence-corrected chi connectivity index (χ0v) is 13.5. The molecule has 3 rings (SSSR count). The number of hydrogen-bond acceptors (Lipinski definition) is 4. The van der Waals surface area contributed by atoms with E-state index in [2.05, 4.69) is 9.88 Å². The van der Waals surface area contributed by atoms with E-state index < -0.39 is 0 Å². The summed E-state index contributed by atoms with van der Waals surface area (Å²) in [6.45, 7) is 3.79. The van der Waals surface area contributed by atoms with Crippen molar-refractivity contribution in [2.24, 2.45) is 0 Å². The summed E-state index contributed by atoms with van der Waals surface area (Å²) in [5.41, 5.74) is 6.10. The number of fused-ring (bicyclic) bond motifs is 1. The number of nitrogen functional groups attached to an aromatic ring is 1. The first-order chi connectivity index (χ1) is 9.24. The van der Waals surface area contributed by atoms with Gasteiger partial charge in [0.05, 0.1) is 0 Å². The number of carbonyl (C=O) groups excluding carboxylic acids is 1. The molecule has 0 aliphatic carbocycles. The lowest BCUT2D eigenvalue weighted by atomic mass is 9.99. The highest BCUT2D eigenvalue weighted by Gasteiger charge is 2.31. The Balaban J connectivity index is 0.00000110. The number of anilines is 1. The summed E-state index contributed by atoms with van der Waals surface area (Å²) in [5.74, 6) is 0.416. The highest BCUT2D eigenvalue weighted by atomic mass is 35.5. The van der Waals surface area contributed by atoms with Gasteiger partial charge in [-0.3, -0.25) is 9.69 Å². The number of amides is 1. The largest absolute Gasteiger partial charge is 0.384 e. The van der Waals surface area contributed by atoms with Gasteiger partial charge in [0.2, 0.25) is 0 Å². The Kier molecular flexibility index (Phi) is 6.71. The second-order valence-electron chi connectivity index (χ2n) is 5.38. The first-order valence-electron chi connectivity index (χ1n) is 7.00. The van der Waals surface area contributed by atoms with Gasteiger partial charge in [0, 0.05) is 25.7 Å². The van der Waals surface area contributed by atoms with Crippen LogP contribution in [0.2, 0.25) is 0 Å². The number of piperidine rings is 1. The summed E-state index contributed by atoms with van der Waals surface area (Å²) in [6.07, 6.45) is 3.77. The highest BCUT2D eigenvalue weighted by Crippen LogP contribution is 2.21. The molecular weight excluding hydrogens is 311 g/mol. The van der Waals surface area contributed by atoms with Gasteiger partial charge in [-0.2, -0.15) is 0 Å². The summed E-state index contributed by atoms with van der Waals surface area (Å²) in [6, 6.07) is 5.77. The van der Waals surface area contributed by atoms with Crippen molar-refractivity contribution in [1.82, 2.24) is 14.8 Å². The SMILES string of the molecule is Cl.Cl.Nc1cccc(C(=O)N2CCN3CCCCC3C2)n1. The van der Waals surface area contributed by atoms with Crippen LogP contribution in [0.3, 0.4) is 0 Å². The third-order valence-electron chi connectivity index (χ3n) is 4.11. The molecule has 0 saturated carbocycles. The predicted molar refractivity (Wildman–Crippen MR) is 88.3 cm³/mol. The van der Waals surface area contributed by atoms with E-state index in [-0.39, 0.29) is 30.7 Å². The lowest BCUT2D eigenvalue weighted by molar-refractivity contribution is 0.0368. The Bertz CT molecular complexity index is 486. The minimum absolute atomic E-state index is 0. The van der Waals surface area contributed by atoms with Crippen molar-refractivity contribution in [1.29, 1.82) is 0 Å². The standard InChI is InChI=1S/C14H20N4O.2ClH/c15-13-6-3-5-12(16-13)14(19)18-9-8-17-7-2-1-4-11(17)10-18;;/h3,5-6,11H,1-2,4,7-10H2,(H2,15,16);2*1H. The monoisotopic (exact) mass is 332 g/mol. The fraction of sp³-hybridized carbons (Fsp3) is 0.571. The quantitative estimate of drug-likeness (QED) is 0.852. The highest BCUT2D eigenvalue weighted by molar-refractivity contribution is 5.92. The lowest BCUT2D eigenvalue weighted by Gasteiger charge is -2.43.